The van der Waals surface area contributed by atoms with Gasteiger partial charge in [-0.05, 0) is 38.5 Å². The van der Waals surface area contributed by atoms with Crippen LogP contribution in [0.1, 0.15) is 55.4 Å². The molecule has 0 saturated carbocycles. The summed E-state index contributed by atoms with van der Waals surface area (Å²) in [6.07, 6.45) is 13.3. The summed E-state index contributed by atoms with van der Waals surface area (Å²) in [5.41, 5.74) is 15.1. The van der Waals surface area contributed by atoms with Crippen molar-refractivity contribution in [1.82, 2.24) is 14.8 Å². The fraction of sp³-hybridized carbons (Fsp3) is 0.571. The van der Waals surface area contributed by atoms with Crippen molar-refractivity contribution < 1.29 is 4.79 Å². The van der Waals surface area contributed by atoms with Gasteiger partial charge in [-0.15, -0.1) is 11.3 Å². The highest BCUT2D eigenvalue weighted by Gasteiger charge is 2.33. The standard InChI is InChI=1S/C21H31N7OS/c1-26-20(27-11-6-7-15(22)10-12-27)17(13-25-26)28(16-8-4-2-3-5-9-16)21(29)18-19(23)30-14-24-18/h4,8,13-16H,2-3,5-7,9-12,22-23H2,1H3. The summed E-state index contributed by atoms with van der Waals surface area (Å²) in [6, 6.07) is 0.183. The Kier molecular flexibility index (Phi) is 6.38. The summed E-state index contributed by atoms with van der Waals surface area (Å²) in [5.74, 6) is 0.801. The first-order valence-electron chi connectivity index (χ1n) is 10.8. The number of carbonyl (C=O) groups is 1. The average Bonchev–Trinajstić information content (AvgIpc) is 3.11. The molecule has 2 aromatic rings. The number of hydrogen-bond acceptors (Lipinski definition) is 7. The minimum atomic E-state index is -0.161. The van der Waals surface area contributed by atoms with Crippen molar-refractivity contribution in [3.63, 3.8) is 0 Å². The van der Waals surface area contributed by atoms with Crippen molar-refractivity contribution in [2.75, 3.05) is 28.6 Å². The molecule has 2 unspecified atom stereocenters. The van der Waals surface area contributed by atoms with Gasteiger partial charge in [-0.2, -0.15) is 5.10 Å². The summed E-state index contributed by atoms with van der Waals surface area (Å²) in [5, 5.41) is 5.00. The highest BCUT2D eigenvalue weighted by molar-refractivity contribution is 7.14. The lowest BCUT2D eigenvalue weighted by Crippen LogP contribution is -2.41. The zero-order valence-corrected chi connectivity index (χ0v) is 18.4. The second kappa shape index (κ2) is 9.18. The molecule has 9 heteroatoms. The Bertz CT molecular complexity index is 905. The molecule has 2 atom stereocenters. The molecule has 3 heterocycles. The Labute approximate surface area is 181 Å². The summed E-state index contributed by atoms with van der Waals surface area (Å²) >= 11 is 1.29. The molecule has 1 aliphatic carbocycles. The van der Waals surface area contributed by atoms with Crippen LogP contribution in [0, 0.1) is 0 Å². The summed E-state index contributed by atoms with van der Waals surface area (Å²) < 4.78 is 1.87. The number of carbonyl (C=O) groups excluding carboxylic acids is 1. The molecule has 4 rings (SSSR count). The SMILES string of the molecule is Cn1ncc(N(C(=O)c2ncsc2N)C2C=CCCCC2)c1N1CCCC(N)CC1. The maximum atomic E-state index is 13.7. The van der Waals surface area contributed by atoms with E-state index in [2.05, 4.69) is 27.1 Å². The zero-order valence-electron chi connectivity index (χ0n) is 17.5. The molecular weight excluding hydrogens is 398 g/mol. The van der Waals surface area contributed by atoms with E-state index in [1.807, 2.05) is 16.6 Å². The van der Waals surface area contributed by atoms with Crippen LogP contribution in [-0.2, 0) is 7.05 Å². The van der Waals surface area contributed by atoms with Crippen LogP contribution in [0.2, 0.25) is 0 Å². The van der Waals surface area contributed by atoms with Gasteiger partial charge in [0.1, 0.15) is 10.7 Å². The number of thiazole rings is 1. The van der Waals surface area contributed by atoms with Crippen molar-refractivity contribution in [3.05, 3.63) is 29.6 Å². The highest BCUT2D eigenvalue weighted by Crippen LogP contribution is 2.35. The Morgan fingerprint density at radius 2 is 2.10 bits per heavy atom. The molecule has 1 saturated heterocycles. The first-order valence-corrected chi connectivity index (χ1v) is 11.7. The Morgan fingerprint density at radius 1 is 1.23 bits per heavy atom. The fourth-order valence-corrected chi connectivity index (χ4v) is 4.96. The normalized spacial score (nSPS) is 22.5. The molecule has 8 nitrogen and oxygen atoms in total. The number of anilines is 3. The Hall–Kier alpha value is -2.39. The largest absolute Gasteiger partial charge is 0.389 e. The lowest BCUT2D eigenvalue weighted by molar-refractivity contribution is 0.0977. The van der Waals surface area contributed by atoms with E-state index >= 15 is 0 Å². The Morgan fingerprint density at radius 3 is 2.90 bits per heavy atom. The highest BCUT2D eigenvalue weighted by atomic mass is 32.1. The Balaban J connectivity index is 1.76. The molecule has 0 bridgehead atoms. The van der Waals surface area contributed by atoms with Gasteiger partial charge in [0, 0.05) is 26.2 Å². The number of hydrogen-bond donors (Lipinski definition) is 2. The molecule has 1 aliphatic heterocycles. The van der Waals surface area contributed by atoms with Crippen molar-refractivity contribution in [1.29, 1.82) is 0 Å². The predicted octanol–water partition coefficient (Wildman–Crippen LogP) is 2.92. The van der Waals surface area contributed by atoms with E-state index < -0.39 is 0 Å². The minimum absolute atomic E-state index is 0.0433. The zero-order chi connectivity index (χ0) is 21.1. The molecule has 0 radical (unpaired) electrons. The van der Waals surface area contributed by atoms with E-state index in [-0.39, 0.29) is 18.0 Å². The van der Waals surface area contributed by atoms with Gasteiger partial charge in [-0.25, -0.2) is 4.98 Å². The molecule has 4 N–H and O–H groups in total. The van der Waals surface area contributed by atoms with E-state index in [9.17, 15) is 4.79 Å². The third kappa shape index (κ3) is 4.22. The topological polar surface area (TPSA) is 106 Å². The van der Waals surface area contributed by atoms with Crippen molar-refractivity contribution >= 4 is 33.8 Å². The number of amides is 1. The van der Waals surface area contributed by atoms with Gasteiger partial charge in [0.15, 0.2) is 11.5 Å². The number of aryl methyl sites for hydroxylation is 1. The van der Waals surface area contributed by atoms with Crippen LogP contribution in [0.3, 0.4) is 0 Å². The van der Waals surface area contributed by atoms with Gasteiger partial charge in [-0.1, -0.05) is 18.6 Å². The van der Waals surface area contributed by atoms with Crippen LogP contribution in [0.25, 0.3) is 0 Å². The lowest BCUT2D eigenvalue weighted by Gasteiger charge is -2.32. The van der Waals surface area contributed by atoms with Crippen LogP contribution in [0.15, 0.2) is 23.9 Å². The van der Waals surface area contributed by atoms with Crippen LogP contribution in [0.4, 0.5) is 16.5 Å². The second-order valence-electron chi connectivity index (χ2n) is 8.18. The quantitative estimate of drug-likeness (QED) is 0.724. The number of allylic oxidation sites excluding steroid dienone is 1. The number of rotatable bonds is 4. The van der Waals surface area contributed by atoms with Crippen molar-refractivity contribution in [3.8, 4) is 0 Å². The van der Waals surface area contributed by atoms with Crippen molar-refractivity contribution in [2.24, 2.45) is 12.8 Å². The van der Waals surface area contributed by atoms with Crippen LogP contribution < -0.4 is 21.3 Å². The summed E-state index contributed by atoms with van der Waals surface area (Å²) in [7, 11) is 1.94. The van der Waals surface area contributed by atoms with E-state index in [4.69, 9.17) is 11.5 Å². The number of aromatic nitrogens is 3. The van der Waals surface area contributed by atoms with Crippen LogP contribution in [-0.4, -0.2) is 45.8 Å². The summed E-state index contributed by atoms with van der Waals surface area (Å²) in [6.45, 7) is 1.76. The van der Waals surface area contributed by atoms with Gasteiger partial charge in [0.05, 0.1) is 17.7 Å². The van der Waals surface area contributed by atoms with Crippen LogP contribution in [0.5, 0.6) is 0 Å². The monoisotopic (exact) mass is 429 g/mol. The molecule has 162 valence electrons. The van der Waals surface area contributed by atoms with Crippen LogP contribution >= 0.6 is 11.3 Å². The summed E-state index contributed by atoms with van der Waals surface area (Å²) in [4.78, 5) is 22.1. The molecular formula is C21H31N7OS. The molecule has 1 amide bonds. The lowest BCUT2D eigenvalue weighted by atomic mass is 10.1. The third-order valence-corrected chi connectivity index (χ3v) is 6.71. The van der Waals surface area contributed by atoms with E-state index in [0.29, 0.717) is 10.7 Å². The second-order valence-corrected chi connectivity index (χ2v) is 9.06. The first-order chi connectivity index (χ1) is 14.6. The molecule has 0 spiro atoms. The number of nitrogens with two attached hydrogens (primary N) is 2. The average molecular weight is 430 g/mol. The molecule has 30 heavy (non-hydrogen) atoms. The molecule has 2 aliphatic rings. The predicted molar refractivity (Wildman–Crippen MR) is 122 cm³/mol. The number of nitrogens with zero attached hydrogens (tertiary/aromatic N) is 5. The van der Waals surface area contributed by atoms with Gasteiger partial charge in [-0.3, -0.25) is 14.4 Å². The maximum absolute atomic E-state index is 13.7. The minimum Gasteiger partial charge on any atom is -0.389 e. The molecule has 1 fully saturated rings. The van der Waals surface area contributed by atoms with Crippen molar-refractivity contribution in [2.45, 2.75) is 57.0 Å². The van der Waals surface area contributed by atoms with Gasteiger partial charge in [0.25, 0.3) is 5.91 Å². The first kappa shape index (κ1) is 20.9. The van der Waals surface area contributed by atoms with E-state index in [1.54, 1.807) is 11.7 Å². The van der Waals surface area contributed by atoms with E-state index in [0.717, 1.165) is 69.5 Å². The number of nitrogen functional groups attached to an aromatic ring is 1. The van der Waals surface area contributed by atoms with Gasteiger partial charge >= 0.3 is 0 Å². The fourth-order valence-electron chi connectivity index (χ4n) is 4.44. The maximum Gasteiger partial charge on any atom is 0.280 e. The van der Waals surface area contributed by atoms with Gasteiger partial charge in [0.2, 0.25) is 0 Å². The molecule has 2 aromatic heterocycles. The smallest absolute Gasteiger partial charge is 0.280 e. The third-order valence-electron chi connectivity index (χ3n) is 6.05. The van der Waals surface area contributed by atoms with E-state index in [1.165, 1.54) is 11.3 Å². The van der Waals surface area contributed by atoms with Gasteiger partial charge < -0.3 is 16.4 Å². The molecule has 0 aromatic carbocycles.